The van der Waals surface area contributed by atoms with Gasteiger partial charge >= 0.3 is 0 Å². The van der Waals surface area contributed by atoms with Gasteiger partial charge < -0.3 is 14.6 Å². The molecule has 150 valence electrons. The van der Waals surface area contributed by atoms with Crippen LogP contribution in [-0.4, -0.2) is 30.5 Å². The van der Waals surface area contributed by atoms with Crippen molar-refractivity contribution < 1.29 is 9.21 Å². The SMILES string of the molecule is O=C(NCC[C@@H]1[C@H]2CN(c3cccc4ccccc34)C[C@@H]12)c1cc2ccncc2o1. The minimum absolute atomic E-state index is 0.144. The molecule has 2 aliphatic rings. The number of aromatic nitrogens is 1. The highest BCUT2D eigenvalue weighted by molar-refractivity contribution is 5.96. The number of hydrogen-bond acceptors (Lipinski definition) is 4. The Kier molecular flexibility index (Phi) is 4.01. The Labute approximate surface area is 174 Å². The maximum absolute atomic E-state index is 12.4. The largest absolute Gasteiger partial charge is 0.449 e. The molecule has 5 heteroatoms. The van der Waals surface area contributed by atoms with E-state index in [0.717, 1.165) is 42.7 Å². The molecule has 0 unspecified atom stereocenters. The van der Waals surface area contributed by atoms with Gasteiger partial charge in [0.1, 0.15) is 0 Å². The number of nitrogens with one attached hydrogen (secondary N) is 1. The smallest absolute Gasteiger partial charge is 0.287 e. The predicted octanol–water partition coefficient (Wildman–Crippen LogP) is 4.48. The Hall–Kier alpha value is -3.34. The number of piperidine rings is 1. The third-order valence-electron chi connectivity index (χ3n) is 6.79. The van der Waals surface area contributed by atoms with Crippen LogP contribution in [-0.2, 0) is 0 Å². The van der Waals surface area contributed by atoms with E-state index >= 15 is 0 Å². The van der Waals surface area contributed by atoms with Crippen LogP contribution in [0, 0.1) is 17.8 Å². The summed E-state index contributed by atoms with van der Waals surface area (Å²) in [4.78, 5) is 19.0. The van der Waals surface area contributed by atoms with Gasteiger partial charge in [0, 0.05) is 42.3 Å². The number of furan rings is 1. The van der Waals surface area contributed by atoms with Crippen LogP contribution in [0.15, 0.2) is 71.4 Å². The predicted molar refractivity (Wildman–Crippen MR) is 118 cm³/mol. The van der Waals surface area contributed by atoms with Gasteiger partial charge in [-0.25, -0.2) is 0 Å². The van der Waals surface area contributed by atoms with Crippen molar-refractivity contribution in [2.75, 3.05) is 24.5 Å². The second-order valence-electron chi connectivity index (χ2n) is 8.46. The van der Waals surface area contributed by atoms with E-state index in [2.05, 4.69) is 57.7 Å². The van der Waals surface area contributed by atoms with Gasteiger partial charge in [-0.1, -0.05) is 36.4 Å². The Bertz CT molecular complexity index is 1200. The van der Waals surface area contributed by atoms with E-state index in [1.165, 1.54) is 16.5 Å². The third-order valence-corrected chi connectivity index (χ3v) is 6.79. The van der Waals surface area contributed by atoms with Crippen molar-refractivity contribution in [3.8, 4) is 0 Å². The van der Waals surface area contributed by atoms with Crippen molar-refractivity contribution >= 4 is 33.3 Å². The zero-order valence-corrected chi connectivity index (χ0v) is 16.6. The van der Waals surface area contributed by atoms with Crippen LogP contribution in [0.2, 0.25) is 0 Å². The summed E-state index contributed by atoms with van der Waals surface area (Å²) < 4.78 is 5.59. The highest BCUT2D eigenvalue weighted by atomic mass is 16.3. The molecule has 1 saturated heterocycles. The van der Waals surface area contributed by atoms with Crippen molar-refractivity contribution in [3.05, 3.63) is 72.8 Å². The highest BCUT2D eigenvalue weighted by Gasteiger charge is 2.55. The summed E-state index contributed by atoms with van der Waals surface area (Å²) >= 11 is 0. The Morgan fingerprint density at radius 3 is 2.77 bits per heavy atom. The molecule has 0 radical (unpaired) electrons. The molecule has 1 aliphatic heterocycles. The van der Waals surface area contributed by atoms with Crippen LogP contribution in [0.5, 0.6) is 0 Å². The number of pyridine rings is 1. The average Bonchev–Trinajstić information content (AvgIpc) is 3.14. The molecular weight excluding hydrogens is 374 g/mol. The fourth-order valence-electron chi connectivity index (χ4n) is 5.19. The summed E-state index contributed by atoms with van der Waals surface area (Å²) in [5, 5.41) is 6.57. The molecule has 2 aromatic carbocycles. The van der Waals surface area contributed by atoms with Crippen LogP contribution in [0.25, 0.3) is 21.7 Å². The second-order valence-corrected chi connectivity index (χ2v) is 8.46. The van der Waals surface area contributed by atoms with Crippen LogP contribution in [0.1, 0.15) is 17.0 Å². The van der Waals surface area contributed by atoms with Gasteiger partial charge in [-0.15, -0.1) is 0 Å². The zero-order valence-electron chi connectivity index (χ0n) is 16.6. The lowest BCUT2D eigenvalue weighted by atomic mass is 10.1. The molecule has 1 amide bonds. The lowest BCUT2D eigenvalue weighted by Crippen LogP contribution is -2.27. The first-order valence-corrected chi connectivity index (χ1v) is 10.6. The summed E-state index contributed by atoms with van der Waals surface area (Å²) in [6, 6.07) is 18.8. The zero-order chi connectivity index (χ0) is 20.1. The van der Waals surface area contributed by atoms with E-state index in [-0.39, 0.29) is 5.91 Å². The topological polar surface area (TPSA) is 58.4 Å². The number of hydrogen-bond donors (Lipinski definition) is 1. The molecule has 4 aromatic rings. The number of carbonyl (C=O) groups excluding carboxylic acids is 1. The summed E-state index contributed by atoms with van der Waals surface area (Å²) in [5.41, 5.74) is 2.00. The molecule has 6 rings (SSSR count). The van der Waals surface area contributed by atoms with E-state index < -0.39 is 0 Å². The van der Waals surface area contributed by atoms with Gasteiger partial charge in [-0.3, -0.25) is 9.78 Å². The first kappa shape index (κ1) is 17.5. The molecule has 1 aliphatic carbocycles. The first-order chi connectivity index (χ1) is 14.8. The normalized spacial score (nSPS) is 22.4. The minimum atomic E-state index is -0.144. The lowest BCUT2D eigenvalue weighted by Gasteiger charge is -2.23. The van der Waals surface area contributed by atoms with Gasteiger partial charge in [0.25, 0.3) is 5.91 Å². The molecule has 30 heavy (non-hydrogen) atoms. The van der Waals surface area contributed by atoms with E-state index in [4.69, 9.17) is 4.42 Å². The summed E-state index contributed by atoms with van der Waals surface area (Å²) in [6.45, 7) is 2.93. The van der Waals surface area contributed by atoms with Gasteiger partial charge in [-0.2, -0.15) is 0 Å². The average molecular weight is 397 g/mol. The van der Waals surface area contributed by atoms with E-state index in [1.807, 2.05) is 6.07 Å². The van der Waals surface area contributed by atoms with Gasteiger partial charge in [0.2, 0.25) is 0 Å². The van der Waals surface area contributed by atoms with E-state index in [9.17, 15) is 4.79 Å². The Morgan fingerprint density at radius 1 is 1.07 bits per heavy atom. The summed E-state index contributed by atoms with van der Waals surface area (Å²) in [7, 11) is 0. The van der Waals surface area contributed by atoms with Gasteiger partial charge in [0.05, 0.1) is 6.20 Å². The fourth-order valence-corrected chi connectivity index (χ4v) is 5.19. The molecular formula is C25H23N3O2. The van der Waals surface area contributed by atoms with Crippen LogP contribution in [0.4, 0.5) is 5.69 Å². The second kappa shape index (κ2) is 6.87. The van der Waals surface area contributed by atoms with Crippen molar-refractivity contribution in [2.24, 2.45) is 17.8 Å². The minimum Gasteiger partial charge on any atom is -0.449 e. The number of amides is 1. The van der Waals surface area contributed by atoms with Crippen LogP contribution in [0.3, 0.4) is 0 Å². The van der Waals surface area contributed by atoms with Crippen molar-refractivity contribution in [1.29, 1.82) is 0 Å². The fraction of sp³-hybridized carbons (Fsp3) is 0.280. The van der Waals surface area contributed by atoms with Crippen molar-refractivity contribution in [1.82, 2.24) is 10.3 Å². The summed E-state index contributed by atoms with van der Waals surface area (Å²) in [6.07, 6.45) is 4.37. The quantitative estimate of drug-likeness (QED) is 0.539. The molecule has 3 atom stereocenters. The molecule has 1 N–H and O–H groups in total. The lowest BCUT2D eigenvalue weighted by molar-refractivity contribution is 0.0926. The molecule has 0 spiro atoms. The van der Waals surface area contributed by atoms with E-state index in [0.29, 0.717) is 17.9 Å². The Balaban J connectivity index is 1.04. The molecule has 2 fully saturated rings. The standard InChI is InChI=1S/C25H23N3O2/c29-25(23-12-17-8-10-26-13-24(17)30-23)27-11-9-19-20-14-28(15-21(19)20)22-7-3-5-16-4-1-2-6-18(16)22/h1-8,10,12-13,19-21H,9,11,14-15H2,(H,27,29)/t19-,20-,21+. The number of fused-ring (bicyclic) bond motifs is 3. The Morgan fingerprint density at radius 2 is 1.90 bits per heavy atom. The van der Waals surface area contributed by atoms with E-state index in [1.54, 1.807) is 18.5 Å². The molecule has 1 saturated carbocycles. The molecule has 5 nitrogen and oxygen atoms in total. The number of rotatable bonds is 5. The number of nitrogens with zero attached hydrogens (tertiary/aromatic N) is 2. The highest BCUT2D eigenvalue weighted by Crippen LogP contribution is 2.54. The maximum Gasteiger partial charge on any atom is 0.287 e. The van der Waals surface area contributed by atoms with Gasteiger partial charge in [0.15, 0.2) is 11.3 Å². The first-order valence-electron chi connectivity index (χ1n) is 10.6. The number of benzene rings is 2. The number of anilines is 1. The molecule has 0 bridgehead atoms. The monoisotopic (exact) mass is 397 g/mol. The molecule has 2 aromatic heterocycles. The van der Waals surface area contributed by atoms with Crippen LogP contribution >= 0.6 is 0 Å². The van der Waals surface area contributed by atoms with Gasteiger partial charge in [-0.05, 0) is 47.8 Å². The molecule has 3 heterocycles. The van der Waals surface area contributed by atoms with Crippen molar-refractivity contribution in [2.45, 2.75) is 6.42 Å². The number of carbonyl (C=O) groups is 1. The van der Waals surface area contributed by atoms with Crippen molar-refractivity contribution in [3.63, 3.8) is 0 Å². The third kappa shape index (κ3) is 2.93. The van der Waals surface area contributed by atoms with Crippen LogP contribution < -0.4 is 10.2 Å². The summed E-state index contributed by atoms with van der Waals surface area (Å²) in [5.74, 6) is 2.43. The maximum atomic E-state index is 12.4.